The van der Waals surface area contributed by atoms with E-state index < -0.39 is 0 Å². The molecule has 0 saturated carbocycles. The SMILES string of the molecule is C[C@@H](Nc1ncnc2ccc(OCCCCCCC(=O)NO)cc12)c1ccccc1. The van der Waals surface area contributed by atoms with Gasteiger partial charge in [0.1, 0.15) is 17.9 Å². The van der Waals surface area contributed by atoms with Crippen molar-refractivity contribution in [1.82, 2.24) is 15.4 Å². The van der Waals surface area contributed by atoms with E-state index in [9.17, 15) is 4.79 Å². The van der Waals surface area contributed by atoms with E-state index in [1.54, 1.807) is 11.8 Å². The van der Waals surface area contributed by atoms with E-state index in [4.69, 9.17) is 9.94 Å². The highest BCUT2D eigenvalue weighted by molar-refractivity contribution is 5.90. The molecule has 0 saturated heterocycles. The van der Waals surface area contributed by atoms with Crippen molar-refractivity contribution >= 4 is 22.6 Å². The number of hydrogen-bond acceptors (Lipinski definition) is 6. The van der Waals surface area contributed by atoms with Crippen LogP contribution in [0.5, 0.6) is 5.75 Å². The summed E-state index contributed by atoms with van der Waals surface area (Å²) in [7, 11) is 0. The van der Waals surface area contributed by atoms with Gasteiger partial charge in [-0.3, -0.25) is 10.0 Å². The highest BCUT2D eigenvalue weighted by Gasteiger charge is 2.10. The minimum atomic E-state index is -0.337. The highest BCUT2D eigenvalue weighted by Crippen LogP contribution is 2.27. The van der Waals surface area contributed by atoms with E-state index in [1.165, 1.54) is 5.56 Å². The molecule has 1 amide bonds. The van der Waals surface area contributed by atoms with Gasteiger partial charge in [0, 0.05) is 17.8 Å². The smallest absolute Gasteiger partial charge is 0.243 e. The summed E-state index contributed by atoms with van der Waals surface area (Å²) in [6, 6.07) is 16.2. The van der Waals surface area contributed by atoms with Gasteiger partial charge in [0.2, 0.25) is 5.91 Å². The minimum absolute atomic E-state index is 0.113. The van der Waals surface area contributed by atoms with Crippen LogP contribution in [0.2, 0.25) is 0 Å². The van der Waals surface area contributed by atoms with E-state index in [2.05, 4.69) is 34.3 Å². The lowest BCUT2D eigenvalue weighted by atomic mass is 10.1. The van der Waals surface area contributed by atoms with Crippen LogP contribution in [-0.2, 0) is 4.79 Å². The van der Waals surface area contributed by atoms with Gasteiger partial charge < -0.3 is 10.1 Å². The van der Waals surface area contributed by atoms with Crippen molar-refractivity contribution < 1.29 is 14.7 Å². The van der Waals surface area contributed by atoms with Crippen LogP contribution in [0.15, 0.2) is 54.9 Å². The van der Waals surface area contributed by atoms with E-state index in [1.807, 2.05) is 36.4 Å². The van der Waals surface area contributed by atoms with Crippen molar-refractivity contribution in [2.75, 3.05) is 11.9 Å². The summed E-state index contributed by atoms with van der Waals surface area (Å²) in [6.45, 7) is 2.71. The predicted octanol–water partition coefficient (Wildman–Crippen LogP) is 4.64. The maximum Gasteiger partial charge on any atom is 0.243 e. The van der Waals surface area contributed by atoms with Gasteiger partial charge in [-0.15, -0.1) is 0 Å². The second-order valence-electron chi connectivity index (χ2n) is 7.23. The van der Waals surface area contributed by atoms with Gasteiger partial charge in [-0.2, -0.15) is 0 Å². The molecule has 3 N–H and O–H groups in total. The molecule has 0 aliphatic rings. The first-order valence-electron chi connectivity index (χ1n) is 10.3. The number of carbonyl (C=O) groups excluding carboxylic acids is 1. The Labute approximate surface area is 176 Å². The number of rotatable bonds is 11. The van der Waals surface area contributed by atoms with Crippen LogP contribution in [0.4, 0.5) is 5.82 Å². The van der Waals surface area contributed by atoms with Gasteiger partial charge in [0.15, 0.2) is 0 Å². The molecule has 0 aliphatic carbocycles. The Balaban J connectivity index is 1.56. The average Bonchev–Trinajstić information content (AvgIpc) is 2.79. The molecule has 0 aliphatic heterocycles. The summed E-state index contributed by atoms with van der Waals surface area (Å²) in [5.74, 6) is 1.23. The number of ether oxygens (including phenoxy) is 1. The average molecular weight is 409 g/mol. The number of hydroxylamine groups is 1. The normalized spacial score (nSPS) is 11.8. The number of carbonyl (C=O) groups is 1. The van der Waals surface area contributed by atoms with Crippen molar-refractivity contribution in [1.29, 1.82) is 0 Å². The summed E-state index contributed by atoms with van der Waals surface area (Å²) in [5.41, 5.74) is 3.70. The molecule has 0 spiro atoms. The number of benzene rings is 2. The van der Waals surface area contributed by atoms with Crippen LogP contribution < -0.4 is 15.5 Å². The molecule has 2 aromatic carbocycles. The maximum absolute atomic E-state index is 11.0. The topological polar surface area (TPSA) is 96.4 Å². The van der Waals surface area contributed by atoms with Crippen molar-refractivity contribution in [2.24, 2.45) is 0 Å². The molecule has 0 fully saturated rings. The molecule has 7 nitrogen and oxygen atoms in total. The number of fused-ring (bicyclic) bond motifs is 1. The van der Waals surface area contributed by atoms with Gasteiger partial charge in [-0.1, -0.05) is 43.2 Å². The molecule has 3 rings (SSSR count). The van der Waals surface area contributed by atoms with Gasteiger partial charge in [0.05, 0.1) is 12.1 Å². The summed E-state index contributed by atoms with van der Waals surface area (Å²) < 4.78 is 5.90. The van der Waals surface area contributed by atoms with Crippen LogP contribution in [0.3, 0.4) is 0 Å². The first kappa shape index (κ1) is 21.5. The summed E-state index contributed by atoms with van der Waals surface area (Å²) >= 11 is 0. The number of nitrogens with zero attached hydrogens (tertiary/aromatic N) is 2. The summed E-state index contributed by atoms with van der Waals surface area (Å²) in [6.07, 6.45) is 5.47. The quantitative estimate of drug-likeness (QED) is 0.243. The molecule has 158 valence electrons. The molecule has 1 aromatic heterocycles. The Morgan fingerprint density at radius 1 is 1.07 bits per heavy atom. The lowest BCUT2D eigenvalue weighted by molar-refractivity contribution is -0.129. The zero-order valence-corrected chi connectivity index (χ0v) is 17.2. The van der Waals surface area contributed by atoms with Crippen LogP contribution in [-0.4, -0.2) is 27.7 Å². The van der Waals surface area contributed by atoms with Crippen LogP contribution in [0.1, 0.15) is 50.6 Å². The maximum atomic E-state index is 11.0. The summed E-state index contributed by atoms with van der Waals surface area (Å²) in [5, 5.41) is 12.9. The minimum Gasteiger partial charge on any atom is -0.494 e. The fraction of sp³-hybridized carbons (Fsp3) is 0.348. The van der Waals surface area contributed by atoms with Crippen molar-refractivity contribution in [3.63, 3.8) is 0 Å². The highest BCUT2D eigenvalue weighted by atomic mass is 16.5. The molecule has 1 heterocycles. The number of anilines is 1. The second kappa shape index (κ2) is 11.1. The van der Waals surface area contributed by atoms with Gasteiger partial charge in [-0.25, -0.2) is 15.4 Å². The molecule has 30 heavy (non-hydrogen) atoms. The van der Waals surface area contributed by atoms with E-state index in [-0.39, 0.29) is 11.9 Å². The van der Waals surface area contributed by atoms with Gasteiger partial charge in [0.25, 0.3) is 0 Å². The van der Waals surface area contributed by atoms with Crippen LogP contribution >= 0.6 is 0 Å². The summed E-state index contributed by atoms with van der Waals surface area (Å²) in [4.78, 5) is 19.8. The molecule has 3 aromatic rings. The fourth-order valence-corrected chi connectivity index (χ4v) is 3.26. The van der Waals surface area contributed by atoms with Crippen LogP contribution in [0, 0.1) is 0 Å². The van der Waals surface area contributed by atoms with E-state index in [0.717, 1.165) is 48.2 Å². The third-order valence-electron chi connectivity index (χ3n) is 4.95. The Hall–Kier alpha value is -3.19. The third kappa shape index (κ3) is 6.15. The zero-order valence-electron chi connectivity index (χ0n) is 17.2. The lowest BCUT2D eigenvalue weighted by Crippen LogP contribution is -2.17. The Morgan fingerprint density at radius 2 is 1.87 bits per heavy atom. The van der Waals surface area contributed by atoms with Gasteiger partial charge >= 0.3 is 0 Å². The van der Waals surface area contributed by atoms with Crippen LogP contribution in [0.25, 0.3) is 10.9 Å². The first-order chi connectivity index (χ1) is 14.7. The largest absolute Gasteiger partial charge is 0.494 e. The van der Waals surface area contributed by atoms with Gasteiger partial charge in [-0.05, 0) is 43.5 Å². The van der Waals surface area contributed by atoms with Crippen molar-refractivity contribution in [3.05, 3.63) is 60.4 Å². The number of unbranched alkanes of at least 4 members (excludes halogenated alkanes) is 3. The molecule has 1 atom stereocenters. The van der Waals surface area contributed by atoms with Crippen molar-refractivity contribution in [3.8, 4) is 5.75 Å². The molecule has 0 radical (unpaired) electrons. The Kier molecular flexibility index (Phi) is 7.97. The first-order valence-corrected chi connectivity index (χ1v) is 10.3. The molecular formula is C23H28N4O3. The number of aromatic nitrogens is 2. The standard InChI is InChI=1S/C23H28N4O3/c1-17(18-9-5-4-6-10-18)26-23-20-15-19(12-13-21(20)24-16-25-23)30-14-8-3-2-7-11-22(28)27-29/h4-6,9-10,12-13,15-17,29H,2-3,7-8,11,14H2,1H3,(H,27,28)(H,24,25,26)/t17-/m1/s1. The van der Waals surface area contributed by atoms with E-state index in [0.29, 0.717) is 13.0 Å². The third-order valence-corrected chi connectivity index (χ3v) is 4.95. The lowest BCUT2D eigenvalue weighted by Gasteiger charge is -2.16. The Morgan fingerprint density at radius 3 is 2.67 bits per heavy atom. The fourth-order valence-electron chi connectivity index (χ4n) is 3.26. The number of hydrogen-bond donors (Lipinski definition) is 3. The molecule has 0 unspecified atom stereocenters. The second-order valence-corrected chi connectivity index (χ2v) is 7.23. The number of amides is 1. The molecule has 0 bridgehead atoms. The predicted molar refractivity (Wildman–Crippen MR) is 117 cm³/mol. The van der Waals surface area contributed by atoms with Crippen molar-refractivity contribution in [2.45, 2.75) is 45.1 Å². The molecule has 7 heteroatoms. The molecular weight excluding hydrogens is 380 g/mol. The van der Waals surface area contributed by atoms with E-state index >= 15 is 0 Å². The number of nitrogens with one attached hydrogen (secondary N) is 2. The zero-order chi connectivity index (χ0) is 21.2. The monoisotopic (exact) mass is 408 g/mol. The Bertz CT molecular complexity index is 950.